The van der Waals surface area contributed by atoms with Gasteiger partial charge in [0.1, 0.15) is 11.5 Å². The van der Waals surface area contributed by atoms with Gasteiger partial charge in [-0.15, -0.1) is 0 Å². The van der Waals surface area contributed by atoms with Crippen molar-refractivity contribution < 1.29 is 14.5 Å². The third kappa shape index (κ3) is 4.94. The number of fused-ring (bicyclic) bond motifs is 1. The molecule has 190 valence electrons. The molecule has 1 amide bonds. The molecule has 0 radical (unpaired) electrons. The van der Waals surface area contributed by atoms with Gasteiger partial charge in [0, 0.05) is 35.8 Å². The van der Waals surface area contributed by atoms with Gasteiger partial charge in [-0.3, -0.25) is 19.6 Å². The fraction of sp³-hybridized carbons (Fsp3) is 0.138. The van der Waals surface area contributed by atoms with E-state index in [0.29, 0.717) is 27.9 Å². The van der Waals surface area contributed by atoms with Gasteiger partial charge in [-0.1, -0.05) is 24.3 Å². The number of non-ortho nitro benzene ring substituents is 1. The summed E-state index contributed by atoms with van der Waals surface area (Å²) in [7, 11) is 1.84. The minimum absolute atomic E-state index is 0.201. The fourth-order valence-corrected chi connectivity index (χ4v) is 4.40. The first-order valence-corrected chi connectivity index (χ1v) is 11.9. The van der Waals surface area contributed by atoms with Crippen LogP contribution in [0.25, 0.3) is 22.2 Å². The second kappa shape index (κ2) is 9.78. The van der Waals surface area contributed by atoms with Gasteiger partial charge in [0.15, 0.2) is 0 Å². The highest BCUT2D eigenvalue weighted by Gasteiger charge is 2.18. The van der Waals surface area contributed by atoms with E-state index in [0.717, 1.165) is 22.4 Å². The van der Waals surface area contributed by atoms with Crippen LogP contribution in [0.2, 0.25) is 0 Å². The first kappa shape index (κ1) is 24.6. The molecule has 9 nitrogen and oxygen atoms in total. The van der Waals surface area contributed by atoms with Crippen LogP contribution >= 0.6 is 0 Å². The lowest BCUT2D eigenvalue weighted by Gasteiger charge is -2.12. The summed E-state index contributed by atoms with van der Waals surface area (Å²) in [5.41, 5.74) is 5.41. The fourth-order valence-electron chi connectivity index (χ4n) is 4.40. The Balaban J connectivity index is 1.54. The van der Waals surface area contributed by atoms with Crippen molar-refractivity contribution >= 4 is 28.2 Å². The van der Waals surface area contributed by atoms with E-state index in [1.165, 1.54) is 12.1 Å². The Bertz CT molecular complexity index is 1700. The first-order chi connectivity index (χ1) is 18.2. The second-order valence-electron chi connectivity index (χ2n) is 9.19. The SMILES string of the molecule is Cc1cc(C)cc(Oc2cc(NC(=O)c3cc(-c4cnn(C)c4C)nc4ccccc34)cc([N+](=O)[O-])c2)c1. The lowest BCUT2D eigenvalue weighted by atomic mass is 10.0. The standard InChI is InChI=1S/C29H25N5O4/c1-17-9-18(2)11-22(10-17)38-23-13-20(12-21(14-23)34(36)37)31-29(35)25-15-28(26-16-30-33(4)19(26)3)32-27-8-6-5-7-24(25)27/h5-16H,1-4H3,(H,31,35). The summed E-state index contributed by atoms with van der Waals surface area (Å²) in [6, 6.07) is 19.0. The number of aryl methyl sites for hydroxylation is 3. The monoisotopic (exact) mass is 507 g/mol. The Morgan fingerprint density at radius 1 is 0.974 bits per heavy atom. The molecule has 0 saturated heterocycles. The molecule has 0 fully saturated rings. The van der Waals surface area contributed by atoms with Crippen LogP contribution in [0.4, 0.5) is 11.4 Å². The number of hydrogen-bond acceptors (Lipinski definition) is 6. The summed E-state index contributed by atoms with van der Waals surface area (Å²) in [5, 5.41) is 19.4. The number of carbonyl (C=O) groups is 1. The van der Waals surface area contributed by atoms with Crippen LogP contribution in [0.1, 0.15) is 27.2 Å². The summed E-state index contributed by atoms with van der Waals surface area (Å²) in [5.74, 6) is 0.367. The van der Waals surface area contributed by atoms with E-state index in [2.05, 4.69) is 10.4 Å². The van der Waals surface area contributed by atoms with Crippen LogP contribution in [0.15, 0.2) is 72.9 Å². The molecule has 0 unspecified atom stereocenters. The number of carbonyl (C=O) groups excluding carboxylic acids is 1. The summed E-state index contributed by atoms with van der Waals surface area (Å²) < 4.78 is 7.69. The number of nitro groups is 1. The second-order valence-corrected chi connectivity index (χ2v) is 9.19. The number of amides is 1. The van der Waals surface area contributed by atoms with E-state index in [9.17, 15) is 14.9 Å². The van der Waals surface area contributed by atoms with Crippen molar-refractivity contribution in [2.75, 3.05) is 5.32 Å². The molecule has 9 heteroatoms. The molecular weight excluding hydrogens is 482 g/mol. The van der Waals surface area contributed by atoms with Crippen LogP contribution < -0.4 is 10.1 Å². The van der Waals surface area contributed by atoms with Gasteiger partial charge in [0.05, 0.1) is 39.6 Å². The van der Waals surface area contributed by atoms with Crippen LogP contribution in [0.3, 0.4) is 0 Å². The van der Waals surface area contributed by atoms with E-state index in [-0.39, 0.29) is 17.1 Å². The van der Waals surface area contributed by atoms with Crippen molar-refractivity contribution in [2.45, 2.75) is 20.8 Å². The van der Waals surface area contributed by atoms with Crippen LogP contribution in [0, 0.1) is 30.9 Å². The van der Waals surface area contributed by atoms with Gasteiger partial charge >= 0.3 is 0 Å². The molecular formula is C29H25N5O4. The number of benzene rings is 3. The van der Waals surface area contributed by atoms with Crippen molar-refractivity contribution in [3.05, 3.63) is 105 Å². The zero-order valence-electron chi connectivity index (χ0n) is 21.4. The molecule has 0 bridgehead atoms. The van der Waals surface area contributed by atoms with E-state index in [1.807, 2.05) is 70.3 Å². The van der Waals surface area contributed by atoms with Gasteiger partial charge in [-0.25, -0.2) is 4.98 Å². The van der Waals surface area contributed by atoms with Crippen molar-refractivity contribution in [3.8, 4) is 22.8 Å². The van der Waals surface area contributed by atoms with E-state index in [4.69, 9.17) is 9.72 Å². The Morgan fingerprint density at radius 3 is 2.37 bits per heavy atom. The lowest BCUT2D eigenvalue weighted by molar-refractivity contribution is -0.384. The molecule has 38 heavy (non-hydrogen) atoms. The topological polar surface area (TPSA) is 112 Å². The van der Waals surface area contributed by atoms with Crippen LogP contribution in [-0.2, 0) is 7.05 Å². The number of rotatable bonds is 6. The van der Waals surface area contributed by atoms with E-state index >= 15 is 0 Å². The highest BCUT2D eigenvalue weighted by atomic mass is 16.6. The van der Waals surface area contributed by atoms with Gasteiger partial charge in [0.25, 0.3) is 11.6 Å². The van der Waals surface area contributed by atoms with E-state index < -0.39 is 10.8 Å². The maximum atomic E-state index is 13.6. The Labute approximate surface area is 218 Å². The molecule has 0 saturated carbocycles. The maximum absolute atomic E-state index is 13.6. The summed E-state index contributed by atoms with van der Waals surface area (Å²) >= 11 is 0. The van der Waals surface area contributed by atoms with Crippen molar-refractivity contribution in [2.24, 2.45) is 7.05 Å². The molecule has 5 rings (SSSR count). The predicted molar refractivity (Wildman–Crippen MR) is 146 cm³/mol. The van der Waals surface area contributed by atoms with Crippen LogP contribution in [-0.4, -0.2) is 25.6 Å². The average Bonchev–Trinajstić information content (AvgIpc) is 3.20. The third-order valence-electron chi connectivity index (χ3n) is 6.26. The van der Waals surface area contributed by atoms with Gasteiger partial charge in [-0.05, 0) is 56.2 Å². The zero-order valence-corrected chi connectivity index (χ0v) is 21.4. The first-order valence-electron chi connectivity index (χ1n) is 11.9. The number of anilines is 1. The molecule has 0 aliphatic heterocycles. The number of nitrogens with one attached hydrogen (secondary N) is 1. The molecule has 0 atom stereocenters. The summed E-state index contributed by atoms with van der Waals surface area (Å²) in [6.07, 6.45) is 1.71. The molecule has 2 heterocycles. The number of nitrogens with zero attached hydrogens (tertiary/aromatic N) is 4. The lowest BCUT2D eigenvalue weighted by Crippen LogP contribution is -2.13. The maximum Gasteiger partial charge on any atom is 0.275 e. The van der Waals surface area contributed by atoms with Gasteiger partial charge in [0.2, 0.25) is 0 Å². The number of aromatic nitrogens is 3. The Morgan fingerprint density at radius 2 is 1.68 bits per heavy atom. The highest BCUT2D eigenvalue weighted by Crippen LogP contribution is 2.32. The van der Waals surface area contributed by atoms with Gasteiger partial charge < -0.3 is 10.1 Å². The van der Waals surface area contributed by atoms with Crippen LogP contribution in [0.5, 0.6) is 11.5 Å². The third-order valence-corrected chi connectivity index (χ3v) is 6.26. The van der Waals surface area contributed by atoms with Crippen molar-refractivity contribution in [1.29, 1.82) is 0 Å². The minimum atomic E-state index is -0.519. The molecule has 2 aromatic heterocycles. The normalized spacial score (nSPS) is 10.9. The number of hydrogen-bond donors (Lipinski definition) is 1. The van der Waals surface area contributed by atoms with Crippen molar-refractivity contribution in [1.82, 2.24) is 14.8 Å². The largest absolute Gasteiger partial charge is 0.457 e. The van der Waals surface area contributed by atoms with Gasteiger partial charge in [-0.2, -0.15) is 5.10 Å². The number of ether oxygens (including phenoxy) is 1. The van der Waals surface area contributed by atoms with Crippen molar-refractivity contribution in [3.63, 3.8) is 0 Å². The molecule has 5 aromatic rings. The minimum Gasteiger partial charge on any atom is -0.457 e. The smallest absolute Gasteiger partial charge is 0.275 e. The highest BCUT2D eigenvalue weighted by molar-refractivity contribution is 6.13. The summed E-state index contributed by atoms with van der Waals surface area (Å²) in [4.78, 5) is 29.4. The Kier molecular flexibility index (Phi) is 6.34. The number of nitro benzene ring substituents is 1. The quantitative estimate of drug-likeness (QED) is 0.207. The average molecular weight is 508 g/mol. The molecule has 0 spiro atoms. The molecule has 0 aliphatic carbocycles. The summed E-state index contributed by atoms with van der Waals surface area (Å²) in [6.45, 7) is 5.82. The van der Waals surface area contributed by atoms with E-state index in [1.54, 1.807) is 23.0 Å². The molecule has 1 N–H and O–H groups in total. The molecule has 0 aliphatic rings. The predicted octanol–water partition coefficient (Wildman–Crippen LogP) is 6.51. The zero-order chi connectivity index (χ0) is 27.0. The Hall–Kier alpha value is -5.05. The number of para-hydroxylation sites is 1. The molecule has 3 aromatic carbocycles. The number of pyridine rings is 1.